The quantitative estimate of drug-likeness (QED) is 0.164. The highest BCUT2D eigenvalue weighted by Gasteiger charge is 2.31. The third-order valence-corrected chi connectivity index (χ3v) is 8.59. The van der Waals surface area contributed by atoms with E-state index < -0.39 is 11.7 Å². The average molecular weight is 495 g/mol. The zero-order chi connectivity index (χ0) is 25.1. The zero-order valence-corrected chi connectivity index (χ0v) is 21.6. The minimum Gasteiger partial charge on any atom is -0.427 e. The summed E-state index contributed by atoms with van der Waals surface area (Å²) in [6.07, 6.45) is 17.2. The fourth-order valence-electron chi connectivity index (χ4n) is 6.33. The number of carbonyl (C=O) groups excluding carboxylic acids is 1. The van der Waals surface area contributed by atoms with Gasteiger partial charge in [0.1, 0.15) is 5.75 Å². The molecule has 0 saturated heterocycles. The van der Waals surface area contributed by atoms with Gasteiger partial charge in [-0.15, -0.1) is 0 Å². The number of rotatable bonds is 12. The highest BCUT2D eigenvalue weighted by Crippen LogP contribution is 2.43. The van der Waals surface area contributed by atoms with Gasteiger partial charge >= 0.3 is 12.1 Å². The van der Waals surface area contributed by atoms with Gasteiger partial charge in [0.15, 0.2) is 0 Å². The van der Waals surface area contributed by atoms with Crippen LogP contribution in [0.15, 0.2) is 24.3 Å². The largest absolute Gasteiger partial charge is 0.427 e. The molecule has 1 aromatic rings. The average Bonchev–Trinajstić information content (AvgIpc) is 2.85. The predicted molar refractivity (Wildman–Crippen MR) is 135 cm³/mol. The molecule has 35 heavy (non-hydrogen) atoms. The second-order valence-corrected chi connectivity index (χ2v) is 11.2. The van der Waals surface area contributed by atoms with Gasteiger partial charge in [-0.25, -0.2) is 0 Å². The topological polar surface area (TPSA) is 26.3 Å². The van der Waals surface area contributed by atoms with Gasteiger partial charge in [-0.05, 0) is 80.0 Å². The Hall–Kier alpha value is -1.52. The van der Waals surface area contributed by atoms with Crippen molar-refractivity contribution in [1.29, 1.82) is 0 Å². The van der Waals surface area contributed by atoms with Crippen molar-refractivity contribution in [3.05, 3.63) is 29.8 Å². The molecule has 0 bridgehead atoms. The summed E-state index contributed by atoms with van der Waals surface area (Å²) in [6.45, 7) is 2.27. The van der Waals surface area contributed by atoms with Gasteiger partial charge < -0.3 is 4.74 Å². The van der Waals surface area contributed by atoms with E-state index in [0.717, 1.165) is 36.3 Å². The summed E-state index contributed by atoms with van der Waals surface area (Å²) in [7, 11) is 0. The standard InChI is InChI=1S/C30H45F3O2/c1-2-3-4-5-6-7-8-23-9-14-25(15-10-23)26-16-11-24(12-17-26)13-22-29(34)35-28-20-18-27(19-21-28)30(31,32)33/h18-21,23-26H,2-17,22H2,1H3/t23-,24-,25-,26-. The van der Waals surface area contributed by atoms with E-state index in [0.29, 0.717) is 12.3 Å². The Morgan fingerprint density at radius 1 is 0.771 bits per heavy atom. The molecule has 2 nitrogen and oxygen atoms in total. The molecule has 2 saturated carbocycles. The van der Waals surface area contributed by atoms with Gasteiger partial charge in [0.2, 0.25) is 0 Å². The molecular weight excluding hydrogens is 449 g/mol. The Morgan fingerprint density at radius 2 is 1.29 bits per heavy atom. The fraction of sp³-hybridized carbons (Fsp3) is 0.767. The molecule has 0 spiro atoms. The van der Waals surface area contributed by atoms with Crippen LogP contribution in [-0.2, 0) is 11.0 Å². The lowest BCUT2D eigenvalue weighted by Gasteiger charge is -2.38. The lowest BCUT2D eigenvalue weighted by molar-refractivity contribution is -0.137. The molecule has 0 radical (unpaired) electrons. The molecule has 198 valence electrons. The maximum absolute atomic E-state index is 12.7. The van der Waals surface area contributed by atoms with E-state index in [9.17, 15) is 18.0 Å². The third kappa shape index (κ3) is 9.80. The molecule has 2 fully saturated rings. The summed E-state index contributed by atoms with van der Waals surface area (Å²) in [6, 6.07) is 4.33. The summed E-state index contributed by atoms with van der Waals surface area (Å²) in [5.74, 6) is 3.12. The van der Waals surface area contributed by atoms with Crippen LogP contribution in [-0.4, -0.2) is 5.97 Å². The lowest BCUT2D eigenvalue weighted by atomic mass is 9.68. The van der Waals surface area contributed by atoms with Crippen LogP contribution in [0.3, 0.4) is 0 Å². The molecule has 2 aliphatic rings. The highest BCUT2D eigenvalue weighted by molar-refractivity contribution is 5.72. The van der Waals surface area contributed by atoms with Crippen molar-refractivity contribution in [2.24, 2.45) is 23.7 Å². The van der Waals surface area contributed by atoms with E-state index in [1.165, 1.54) is 108 Å². The summed E-state index contributed by atoms with van der Waals surface area (Å²) in [5, 5.41) is 0. The van der Waals surface area contributed by atoms with Crippen molar-refractivity contribution in [3.63, 3.8) is 0 Å². The first kappa shape index (κ1) is 28.1. The summed E-state index contributed by atoms with van der Waals surface area (Å²) in [5.41, 5.74) is -0.736. The number of carbonyl (C=O) groups is 1. The van der Waals surface area contributed by atoms with Crippen LogP contribution in [0.25, 0.3) is 0 Å². The maximum atomic E-state index is 12.7. The summed E-state index contributed by atoms with van der Waals surface area (Å²) in [4.78, 5) is 12.2. The number of ether oxygens (including phenoxy) is 1. The van der Waals surface area contributed by atoms with Gasteiger partial charge in [0.05, 0.1) is 5.56 Å². The van der Waals surface area contributed by atoms with Gasteiger partial charge in [0.25, 0.3) is 0 Å². The lowest BCUT2D eigenvalue weighted by Crippen LogP contribution is -2.26. The van der Waals surface area contributed by atoms with Crippen LogP contribution in [0.4, 0.5) is 13.2 Å². The van der Waals surface area contributed by atoms with E-state index in [2.05, 4.69) is 6.92 Å². The zero-order valence-electron chi connectivity index (χ0n) is 21.6. The van der Waals surface area contributed by atoms with Gasteiger partial charge in [-0.3, -0.25) is 4.79 Å². The molecule has 0 atom stereocenters. The number of esters is 1. The van der Waals surface area contributed by atoms with Crippen molar-refractivity contribution < 1.29 is 22.7 Å². The first-order valence-corrected chi connectivity index (χ1v) is 14.2. The molecule has 0 unspecified atom stereocenters. The molecule has 0 N–H and O–H groups in total. The number of hydrogen-bond acceptors (Lipinski definition) is 2. The molecular formula is C30H45F3O2. The van der Waals surface area contributed by atoms with Crippen molar-refractivity contribution in [1.82, 2.24) is 0 Å². The van der Waals surface area contributed by atoms with Crippen LogP contribution >= 0.6 is 0 Å². The van der Waals surface area contributed by atoms with Crippen LogP contribution in [0.5, 0.6) is 5.75 Å². The number of alkyl halides is 3. The Balaban J connectivity index is 1.26. The molecule has 1 aromatic carbocycles. The molecule has 0 heterocycles. The molecule has 0 amide bonds. The molecule has 3 rings (SSSR count). The van der Waals surface area contributed by atoms with E-state index in [1.54, 1.807) is 0 Å². The molecule has 0 aliphatic heterocycles. The fourth-order valence-corrected chi connectivity index (χ4v) is 6.33. The van der Waals surface area contributed by atoms with Crippen LogP contribution < -0.4 is 4.74 Å². The molecule has 2 aliphatic carbocycles. The Labute approximate surface area is 210 Å². The van der Waals surface area contributed by atoms with E-state index in [-0.39, 0.29) is 11.7 Å². The maximum Gasteiger partial charge on any atom is 0.416 e. The van der Waals surface area contributed by atoms with E-state index in [1.807, 2.05) is 0 Å². The van der Waals surface area contributed by atoms with Crippen LogP contribution in [0.2, 0.25) is 0 Å². The van der Waals surface area contributed by atoms with Crippen molar-refractivity contribution in [2.45, 2.75) is 122 Å². The second-order valence-electron chi connectivity index (χ2n) is 11.2. The molecule has 0 aromatic heterocycles. The van der Waals surface area contributed by atoms with Crippen LogP contribution in [0, 0.1) is 23.7 Å². The highest BCUT2D eigenvalue weighted by atomic mass is 19.4. The number of benzene rings is 1. The van der Waals surface area contributed by atoms with Crippen LogP contribution in [0.1, 0.15) is 122 Å². The third-order valence-electron chi connectivity index (χ3n) is 8.59. The Bertz CT molecular complexity index is 727. The first-order valence-electron chi connectivity index (χ1n) is 14.2. The van der Waals surface area contributed by atoms with Crippen molar-refractivity contribution >= 4 is 5.97 Å². The smallest absolute Gasteiger partial charge is 0.416 e. The second kappa shape index (κ2) is 14.3. The van der Waals surface area contributed by atoms with Crippen molar-refractivity contribution in [3.8, 4) is 5.75 Å². The first-order chi connectivity index (χ1) is 16.8. The van der Waals surface area contributed by atoms with Gasteiger partial charge in [-0.1, -0.05) is 77.6 Å². The van der Waals surface area contributed by atoms with E-state index in [4.69, 9.17) is 4.74 Å². The monoisotopic (exact) mass is 494 g/mol. The van der Waals surface area contributed by atoms with Gasteiger partial charge in [0, 0.05) is 6.42 Å². The minimum absolute atomic E-state index is 0.179. The molecule has 5 heteroatoms. The normalized spacial score (nSPS) is 25.4. The van der Waals surface area contributed by atoms with E-state index >= 15 is 0 Å². The Morgan fingerprint density at radius 3 is 1.83 bits per heavy atom. The van der Waals surface area contributed by atoms with Gasteiger partial charge in [-0.2, -0.15) is 13.2 Å². The number of halogens is 3. The Kier molecular flexibility index (Phi) is 11.4. The van der Waals surface area contributed by atoms with Crippen molar-refractivity contribution in [2.75, 3.05) is 0 Å². The predicted octanol–water partition coefficient (Wildman–Crippen LogP) is 9.75. The SMILES string of the molecule is CCCCCCCC[C@H]1CC[C@H]([C@H]2CC[C@H](CCC(=O)Oc3ccc(C(F)(F)F)cc3)CC2)CC1. The number of unbranched alkanes of at least 4 members (excludes halogenated alkanes) is 5. The minimum atomic E-state index is -4.38. The number of hydrogen-bond donors (Lipinski definition) is 0. The summed E-state index contributed by atoms with van der Waals surface area (Å²) < 4.78 is 43.2. The summed E-state index contributed by atoms with van der Waals surface area (Å²) >= 11 is 0.